The number of nitrogens with two attached hydrogens (primary N) is 1. The molecule has 0 unspecified atom stereocenters. The maximum Gasteiger partial charge on any atom is 0.193 e. The third kappa shape index (κ3) is 3.84. The van der Waals surface area contributed by atoms with Gasteiger partial charge in [0.15, 0.2) is 5.96 Å². The van der Waals surface area contributed by atoms with E-state index in [1.807, 2.05) is 25.4 Å². The van der Waals surface area contributed by atoms with Crippen molar-refractivity contribution in [1.29, 1.82) is 0 Å². The predicted octanol–water partition coefficient (Wildman–Crippen LogP) is 1.91. The molecule has 0 saturated carbocycles. The van der Waals surface area contributed by atoms with Crippen molar-refractivity contribution in [2.45, 2.75) is 19.9 Å². The van der Waals surface area contributed by atoms with Gasteiger partial charge in [0.05, 0.1) is 12.7 Å². The zero-order valence-electron chi connectivity index (χ0n) is 11.3. The lowest BCUT2D eigenvalue weighted by atomic mass is 10.1. The summed E-state index contributed by atoms with van der Waals surface area (Å²) in [4.78, 5) is 4.28. The van der Waals surface area contributed by atoms with Crippen molar-refractivity contribution in [2.75, 3.05) is 5.32 Å². The molecule has 5 heteroatoms. The molecule has 0 aliphatic heterocycles. The molecule has 0 aliphatic carbocycles. The normalized spacial score (nSPS) is 11.6. The van der Waals surface area contributed by atoms with Gasteiger partial charge in [0.25, 0.3) is 0 Å². The van der Waals surface area contributed by atoms with E-state index >= 15 is 0 Å². The highest BCUT2D eigenvalue weighted by Gasteiger charge is 1.97. The van der Waals surface area contributed by atoms with Gasteiger partial charge >= 0.3 is 0 Å². The number of guanidine groups is 1. The van der Waals surface area contributed by atoms with E-state index in [9.17, 15) is 0 Å². The second-order valence-corrected chi connectivity index (χ2v) is 4.40. The summed E-state index contributed by atoms with van der Waals surface area (Å²) in [7, 11) is 1.88. The van der Waals surface area contributed by atoms with Gasteiger partial charge in [-0.2, -0.15) is 5.10 Å². The summed E-state index contributed by atoms with van der Waals surface area (Å²) in [6.45, 7) is 2.66. The Morgan fingerprint density at radius 2 is 2.05 bits per heavy atom. The van der Waals surface area contributed by atoms with E-state index in [0.29, 0.717) is 12.5 Å². The minimum Gasteiger partial charge on any atom is -0.370 e. The fourth-order valence-electron chi connectivity index (χ4n) is 1.74. The Hall–Kier alpha value is -2.30. The molecule has 0 amide bonds. The van der Waals surface area contributed by atoms with Crippen LogP contribution in [-0.4, -0.2) is 15.7 Å². The summed E-state index contributed by atoms with van der Waals surface area (Å²) >= 11 is 0. The second kappa shape index (κ2) is 6.04. The van der Waals surface area contributed by atoms with E-state index in [4.69, 9.17) is 5.73 Å². The lowest BCUT2D eigenvalue weighted by Gasteiger charge is -2.06. The van der Waals surface area contributed by atoms with Crippen LogP contribution in [0.3, 0.4) is 0 Å². The first-order valence-corrected chi connectivity index (χ1v) is 6.31. The van der Waals surface area contributed by atoms with Crippen molar-refractivity contribution < 1.29 is 0 Å². The van der Waals surface area contributed by atoms with Gasteiger partial charge in [-0.05, 0) is 24.1 Å². The number of aromatic nitrogens is 2. The number of nitrogens with zero attached hydrogens (tertiary/aromatic N) is 3. The van der Waals surface area contributed by atoms with Crippen LogP contribution in [0.25, 0.3) is 0 Å². The molecule has 0 aliphatic rings. The lowest BCUT2D eigenvalue weighted by molar-refractivity contribution is 0.767. The Bertz CT molecular complexity index is 553. The molecule has 2 rings (SSSR count). The number of benzene rings is 1. The number of anilines is 1. The summed E-state index contributed by atoms with van der Waals surface area (Å²) in [5.41, 5.74) is 9.13. The molecule has 0 atom stereocenters. The minimum atomic E-state index is 0.410. The van der Waals surface area contributed by atoms with Gasteiger partial charge in [-0.25, -0.2) is 4.99 Å². The molecule has 2 aromatic rings. The van der Waals surface area contributed by atoms with Gasteiger partial charge in [0, 0.05) is 24.5 Å². The molecular weight excluding hydrogens is 238 g/mol. The van der Waals surface area contributed by atoms with Gasteiger partial charge < -0.3 is 11.1 Å². The first kappa shape index (κ1) is 13.1. The Morgan fingerprint density at radius 1 is 1.32 bits per heavy atom. The van der Waals surface area contributed by atoms with Crippen molar-refractivity contribution in [3.05, 3.63) is 47.8 Å². The highest BCUT2D eigenvalue weighted by atomic mass is 15.2. The first-order valence-electron chi connectivity index (χ1n) is 6.31. The third-order valence-electron chi connectivity index (χ3n) is 2.82. The molecule has 0 radical (unpaired) electrons. The Kier molecular flexibility index (Phi) is 4.18. The average molecular weight is 257 g/mol. The minimum absolute atomic E-state index is 0.410. The molecule has 5 nitrogen and oxygen atoms in total. The number of rotatable bonds is 4. The van der Waals surface area contributed by atoms with Gasteiger partial charge in [0.1, 0.15) is 0 Å². The van der Waals surface area contributed by atoms with Crippen molar-refractivity contribution >= 4 is 11.6 Å². The molecule has 0 bridgehead atoms. The number of hydrogen-bond acceptors (Lipinski definition) is 2. The van der Waals surface area contributed by atoms with E-state index < -0.39 is 0 Å². The smallest absolute Gasteiger partial charge is 0.193 e. The quantitative estimate of drug-likeness (QED) is 0.649. The Labute approximate surface area is 113 Å². The summed E-state index contributed by atoms with van der Waals surface area (Å²) < 4.78 is 1.75. The van der Waals surface area contributed by atoms with Crippen LogP contribution in [0.2, 0.25) is 0 Å². The number of nitrogens with one attached hydrogen (secondary N) is 1. The molecule has 0 fully saturated rings. The van der Waals surface area contributed by atoms with Crippen molar-refractivity contribution in [2.24, 2.45) is 17.8 Å². The highest BCUT2D eigenvalue weighted by molar-refractivity contribution is 5.92. The lowest BCUT2D eigenvalue weighted by Crippen LogP contribution is -2.22. The predicted molar refractivity (Wildman–Crippen MR) is 78.0 cm³/mol. The molecule has 100 valence electrons. The maximum absolute atomic E-state index is 5.84. The zero-order chi connectivity index (χ0) is 13.7. The largest absolute Gasteiger partial charge is 0.370 e. The summed E-state index contributed by atoms with van der Waals surface area (Å²) in [6, 6.07) is 8.17. The van der Waals surface area contributed by atoms with Crippen LogP contribution in [0, 0.1) is 0 Å². The van der Waals surface area contributed by atoms with E-state index in [1.165, 1.54) is 5.56 Å². The van der Waals surface area contributed by atoms with Gasteiger partial charge in [-0.3, -0.25) is 4.68 Å². The molecule has 1 aromatic carbocycles. The van der Waals surface area contributed by atoms with E-state index in [0.717, 1.165) is 17.7 Å². The Morgan fingerprint density at radius 3 is 2.63 bits per heavy atom. The van der Waals surface area contributed by atoms with Crippen molar-refractivity contribution in [1.82, 2.24) is 9.78 Å². The zero-order valence-corrected chi connectivity index (χ0v) is 11.3. The Balaban J connectivity index is 1.93. The van der Waals surface area contributed by atoms with Crippen LogP contribution in [0.4, 0.5) is 5.69 Å². The third-order valence-corrected chi connectivity index (χ3v) is 2.82. The SMILES string of the molecule is CCc1ccc(NC(N)=NCc2cnn(C)c2)cc1. The molecule has 19 heavy (non-hydrogen) atoms. The number of aryl methyl sites for hydroxylation is 2. The number of aliphatic imine (C=N–C) groups is 1. The molecule has 1 heterocycles. The van der Waals surface area contributed by atoms with Crippen LogP contribution in [0.1, 0.15) is 18.1 Å². The van der Waals surface area contributed by atoms with Crippen molar-refractivity contribution in [3.63, 3.8) is 0 Å². The monoisotopic (exact) mass is 257 g/mol. The van der Waals surface area contributed by atoms with Crippen molar-refractivity contribution in [3.8, 4) is 0 Å². The van der Waals surface area contributed by atoms with Gasteiger partial charge in [-0.15, -0.1) is 0 Å². The van der Waals surface area contributed by atoms with Gasteiger partial charge in [0.2, 0.25) is 0 Å². The summed E-state index contributed by atoms with van der Waals surface area (Å²) in [5.74, 6) is 0.410. The van der Waals surface area contributed by atoms with Crippen LogP contribution in [-0.2, 0) is 20.0 Å². The molecule has 3 N–H and O–H groups in total. The molecule has 1 aromatic heterocycles. The standard InChI is InChI=1S/C14H19N5/c1-3-11-4-6-13(7-5-11)18-14(15)16-8-12-9-17-19(2)10-12/h4-7,9-10H,3,8H2,1-2H3,(H3,15,16,18). The first-order chi connectivity index (χ1) is 9.17. The topological polar surface area (TPSA) is 68.2 Å². The fraction of sp³-hybridized carbons (Fsp3) is 0.286. The summed E-state index contributed by atoms with van der Waals surface area (Å²) in [6.07, 6.45) is 4.74. The molecular formula is C14H19N5. The second-order valence-electron chi connectivity index (χ2n) is 4.40. The van der Waals surface area contributed by atoms with E-state index in [-0.39, 0.29) is 0 Å². The maximum atomic E-state index is 5.84. The van der Waals surface area contributed by atoms with Crippen LogP contribution in [0.15, 0.2) is 41.7 Å². The van der Waals surface area contributed by atoms with Crippen LogP contribution in [0.5, 0.6) is 0 Å². The van der Waals surface area contributed by atoms with Crippen LogP contribution < -0.4 is 11.1 Å². The fourth-order valence-corrected chi connectivity index (χ4v) is 1.74. The van der Waals surface area contributed by atoms with E-state index in [2.05, 4.69) is 34.5 Å². The van der Waals surface area contributed by atoms with Crippen LogP contribution >= 0.6 is 0 Å². The summed E-state index contributed by atoms with van der Waals surface area (Å²) in [5, 5.41) is 7.15. The molecule has 0 spiro atoms. The molecule has 0 saturated heterocycles. The van der Waals surface area contributed by atoms with Gasteiger partial charge in [-0.1, -0.05) is 19.1 Å². The highest BCUT2D eigenvalue weighted by Crippen LogP contribution is 2.09. The average Bonchev–Trinajstić information content (AvgIpc) is 2.83. The van der Waals surface area contributed by atoms with E-state index in [1.54, 1.807) is 10.9 Å². The number of hydrogen-bond donors (Lipinski definition) is 2.